The number of anilines is 1. The first-order chi connectivity index (χ1) is 8.15. The summed E-state index contributed by atoms with van der Waals surface area (Å²) in [4.78, 5) is 11.8. The van der Waals surface area contributed by atoms with Crippen LogP contribution in [-0.2, 0) is 11.3 Å². The Morgan fingerprint density at radius 2 is 2.35 bits per heavy atom. The van der Waals surface area contributed by atoms with Crippen LogP contribution >= 0.6 is 0 Å². The standard InChI is InChI=1S/C12H20N4O/c1-9-4-2-3-5-10(9)14-12(17)8-16-7-6-11(13)15-16/h6-7,9-10H,2-5,8H2,1H3,(H2,13,15)(H,14,17). The molecule has 0 saturated heterocycles. The van der Waals surface area contributed by atoms with E-state index in [1.54, 1.807) is 16.9 Å². The molecule has 5 heteroatoms. The Balaban J connectivity index is 1.84. The molecule has 0 aliphatic heterocycles. The predicted octanol–water partition coefficient (Wildman–Crippen LogP) is 1.16. The molecule has 5 nitrogen and oxygen atoms in total. The summed E-state index contributed by atoms with van der Waals surface area (Å²) < 4.78 is 1.57. The van der Waals surface area contributed by atoms with Gasteiger partial charge in [0.2, 0.25) is 5.91 Å². The Labute approximate surface area is 101 Å². The van der Waals surface area contributed by atoms with Gasteiger partial charge in [-0.05, 0) is 24.8 Å². The summed E-state index contributed by atoms with van der Waals surface area (Å²) in [5, 5.41) is 7.08. The highest BCUT2D eigenvalue weighted by Gasteiger charge is 2.22. The number of amides is 1. The molecule has 1 fully saturated rings. The highest BCUT2D eigenvalue weighted by molar-refractivity contribution is 5.76. The van der Waals surface area contributed by atoms with Crippen molar-refractivity contribution in [1.82, 2.24) is 15.1 Å². The van der Waals surface area contributed by atoms with Gasteiger partial charge in [-0.15, -0.1) is 0 Å². The van der Waals surface area contributed by atoms with Crippen LogP contribution in [0.2, 0.25) is 0 Å². The lowest BCUT2D eigenvalue weighted by atomic mass is 9.86. The van der Waals surface area contributed by atoms with Crippen molar-refractivity contribution in [1.29, 1.82) is 0 Å². The Morgan fingerprint density at radius 3 is 3.00 bits per heavy atom. The molecule has 1 aliphatic carbocycles. The van der Waals surface area contributed by atoms with E-state index in [-0.39, 0.29) is 12.5 Å². The quantitative estimate of drug-likeness (QED) is 0.827. The van der Waals surface area contributed by atoms with Gasteiger partial charge in [0.05, 0.1) is 0 Å². The van der Waals surface area contributed by atoms with Gasteiger partial charge in [0.1, 0.15) is 12.4 Å². The first-order valence-corrected chi connectivity index (χ1v) is 6.23. The average Bonchev–Trinajstić information content (AvgIpc) is 2.67. The van der Waals surface area contributed by atoms with Crippen molar-refractivity contribution in [3.8, 4) is 0 Å². The lowest BCUT2D eigenvalue weighted by molar-refractivity contribution is -0.123. The molecule has 0 radical (unpaired) electrons. The molecule has 1 aliphatic rings. The van der Waals surface area contributed by atoms with E-state index in [0.717, 1.165) is 6.42 Å². The number of nitrogens with two attached hydrogens (primary N) is 1. The Morgan fingerprint density at radius 1 is 1.59 bits per heavy atom. The number of carbonyl (C=O) groups is 1. The summed E-state index contributed by atoms with van der Waals surface area (Å²) in [5.74, 6) is 1.05. The summed E-state index contributed by atoms with van der Waals surface area (Å²) in [6, 6.07) is 2.01. The first kappa shape index (κ1) is 12.0. The van der Waals surface area contributed by atoms with Crippen LogP contribution in [0.5, 0.6) is 0 Å². The van der Waals surface area contributed by atoms with Crippen molar-refractivity contribution in [3.63, 3.8) is 0 Å². The molecule has 2 atom stereocenters. The van der Waals surface area contributed by atoms with Crippen molar-refractivity contribution in [3.05, 3.63) is 12.3 Å². The minimum Gasteiger partial charge on any atom is -0.382 e. The minimum absolute atomic E-state index is 0.0202. The Hall–Kier alpha value is -1.52. The van der Waals surface area contributed by atoms with Gasteiger partial charge in [0.15, 0.2) is 0 Å². The fourth-order valence-electron chi connectivity index (χ4n) is 2.40. The third kappa shape index (κ3) is 3.22. The summed E-state index contributed by atoms with van der Waals surface area (Å²) in [5.41, 5.74) is 5.50. The van der Waals surface area contributed by atoms with E-state index in [1.165, 1.54) is 19.3 Å². The van der Waals surface area contributed by atoms with Crippen LogP contribution in [-0.4, -0.2) is 21.7 Å². The molecule has 94 valence electrons. The highest BCUT2D eigenvalue weighted by Crippen LogP contribution is 2.23. The molecule has 1 aromatic rings. The topological polar surface area (TPSA) is 72.9 Å². The van der Waals surface area contributed by atoms with E-state index >= 15 is 0 Å². The normalized spacial score (nSPS) is 24.5. The fraction of sp³-hybridized carbons (Fsp3) is 0.667. The molecule has 1 saturated carbocycles. The van der Waals surface area contributed by atoms with Gasteiger partial charge < -0.3 is 11.1 Å². The van der Waals surface area contributed by atoms with Crippen LogP contribution in [0.25, 0.3) is 0 Å². The zero-order valence-corrected chi connectivity index (χ0v) is 10.2. The van der Waals surface area contributed by atoms with Gasteiger partial charge in [0, 0.05) is 12.2 Å². The summed E-state index contributed by atoms with van der Waals surface area (Å²) in [7, 11) is 0. The van der Waals surface area contributed by atoms with Gasteiger partial charge in [-0.25, -0.2) is 0 Å². The number of rotatable bonds is 3. The fourth-order valence-corrected chi connectivity index (χ4v) is 2.40. The van der Waals surface area contributed by atoms with Crippen LogP contribution < -0.4 is 11.1 Å². The molecule has 3 N–H and O–H groups in total. The number of nitrogens with one attached hydrogen (secondary N) is 1. The van der Waals surface area contributed by atoms with Crippen LogP contribution in [0.15, 0.2) is 12.3 Å². The second kappa shape index (κ2) is 5.21. The maximum atomic E-state index is 11.8. The number of nitrogen functional groups attached to an aromatic ring is 1. The first-order valence-electron chi connectivity index (χ1n) is 6.23. The number of hydrogen-bond acceptors (Lipinski definition) is 3. The highest BCUT2D eigenvalue weighted by atomic mass is 16.2. The largest absolute Gasteiger partial charge is 0.382 e. The second-order valence-electron chi connectivity index (χ2n) is 4.87. The molecule has 2 rings (SSSR count). The maximum Gasteiger partial charge on any atom is 0.241 e. The molecule has 0 spiro atoms. The molecule has 0 bridgehead atoms. The molecule has 1 amide bonds. The van der Waals surface area contributed by atoms with E-state index in [9.17, 15) is 4.79 Å². The molecule has 17 heavy (non-hydrogen) atoms. The third-order valence-corrected chi connectivity index (χ3v) is 3.42. The van der Waals surface area contributed by atoms with Crippen LogP contribution in [0, 0.1) is 5.92 Å². The van der Waals surface area contributed by atoms with E-state index < -0.39 is 0 Å². The molecular formula is C12H20N4O. The number of aromatic nitrogens is 2. The minimum atomic E-state index is 0.0202. The van der Waals surface area contributed by atoms with E-state index in [2.05, 4.69) is 17.3 Å². The van der Waals surface area contributed by atoms with Gasteiger partial charge in [-0.2, -0.15) is 5.10 Å². The summed E-state index contributed by atoms with van der Waals surface area (Å²) in [6.07, 6.45) is 6.51. The van der Waals surface area contributed by atoms with Crippen molar-refractivity contribution in [2.24, 2.45) is 5.92 Å². The number of carbonyl (C=O) groups excluding carboxylic acids is 1. The second-order valence-corrected chi connectivity index (χ2v) is 4.87. The van der Waals surface area contributed by atoms with Crippen molar-refractivity contribution >= 4 is 11.7 Å². The maximum absolute atomic E-state index is 11.8. The smallest absolute Gasteiger partial charge is 0.241 e. The molecular weight excluding hydrogens is 216 g/mol. The summed E-state index contributed by atoms with van der Waals surface area (Å²) in [6.45, 7) is 2.45. The van der Waals surface area contributed by atoms with Crippen molar-refractivity contribution in [2.45, 2.75) is 45.2 Å². The van der Waals surface area contributed by atoms with Gasteiger partial charge in [-0.1, -0.05) is 19.8 Å². The predicted molar refractivity (Wildman–Crippen MR) is 66.2 cm³/mol. The van der Waals surface area contributed by atoms with E-state index in [0.29, 0.717) is 17.8 Å². The monoisotopic (exact) mass is 236 g/mol. The van der Waals surface area contributed by atoms with Crippen LogP contribution in [0.1, 0.15) is 32.6 Å². The average molecular weight is 236 g/mol. The van der Waals surface area contributed by atoms with Crippen LogP contribution in [0.4, 0.5) is 5.82 Å². The van der Waals surface area contributed by atoms with Gasteiger partial charge in [0.25, 0.3) is 0 Å². The SMILES string of the molecule is CC1CCCCC1NC(=O)Cn1ccc(N)n1. The molecule has 1 heterocycles. The van der Waals surface area contributed by atoms with E-state index in [4.69, 9.17) is 5.73 Å². The van der Waals surface area contributed by atoms with Crippen molar-refractivity contribution in [2.75, 3.05) is 5.73 Å². The van der Waals surface area contributed by atoms with Gasteiger partial charge in [-0.3, -0.25) is 9.48 Å². The van der Waals surface area contributed by atoms with Gasteiger partial charge >= 0.3 is 0 Å². The number of nitrogens with zero attached hydrogens (tertiary/aromatic N) is 2. The zero-order chi connectivity index (χ0) is 12.3. The molecule has 0 aromatic carbocycles. The number of hydrogen-bond donors (Lipinski definition) is 2. The zero-order valence-electron chi connectivity index (χ0n) is 10.2. The third-order valence-electron chi connectivity index (χ3n) is 3.42. The van der Waals surface area contributed by atoms with Crippen LogP contribution in [0.3, 0.4) is 0 Å². The Bertz CT molecular complexity index is 388. The Kier molecular flexibility index (Phi) is 3.66. The molecule has 1 aromatic heterocycles. The molecule has 2 unspecified atom stereocenters. The lowest BCUT2D eigenvalue weighted by Crippen LogP contribution is -2.42. The lowest BCUT2D eigenvalue weighted by Gasteiger charge is -2.29. The van der Waals surface area contributed by atoms with Crippen molar-refractivity contribution < 1.29 is 4.79 Å². The summed E-state index contributed by atoms with van der Waals surface area (Å²) >= 11 is 0. The van der Waals surface area contributed by atoms with E-state index in [1.807, 2.05) is 0 Å².